The van der Waals surface area contributed by atoms with Gasteiger partial charge in [0.1, 0.15) is 13.2 Å². The van der Waals surface area contributed by atoms with E-state index in [0.29, 0.717) is 0 Å². The molecule has 0 spiro atoms. The summed E-state index contributed by atoms with van der Waals surface area (Å²) in [7, 11) is 0. The highest BCUT2D eigenvalue weighted by atomic mass is 16.6. The van der Waals surface area contributed by atoms with Crippen molar-refractivity contribution in [1.29, 1.82) is 0 Å². The van der Waals surface area contributed by atoms with E-state index in [-0.39, 0.29) is 6.10 Å². The molecule has 0 unspecified atom stereocenters. The van der Waals surface area contributed by atoms with Crippen LogP contribution in [0.15, 0.2) is 10.3 Å². The van der Waals surface area contributed by atoms with Crippen molar-refractivity contribution < 1.29 is 14.8 Å². The monoisotopic (exact) mass is 539 g/mol. The zero-order chi connectivity index (χ0) is 27.6. The largest absolute Gasteiger partial charge is 0.396 e. The summed E-state index contributed by atoms with van der Waals surface area (Å²) >= 11 is 0. The lowest BCUT2D eigenvalue weighted by Crippen LogP contribution is -2.05. The average molecular weight is 539 g/mol. The number of aliphatic hydroxyl groups is 1. The number of rotatable bonds is 32. The molecule has 0 saturated heterocycles. The van der Waals surface area contributed by atoms with E-state index in [1.807, 2.05) is 12.4 Å². The van der Waals surface area contributed by atoms with Gasteiger partial charge in [0, 0.05) is 12.4 Å². The zero-order valence-electron chi connectivity index (χ0n) is 25.7. The second-order valence-corrected chi connectivity index (χ2v) is 11.1. The van der Waals surface area contributed by atoms with Crippen molar-refractivity contribution in [1.82, 2.24) is 0 Å². The van der Waals surface area contributed by atoms with Crippen LogP contribution >= 0.6 is 0 Å². The third-order valence-electron chi connectivity index (χ3n) is 7.22. The Hall–Kier alpha value is -1.10. The predicted molar refractivity (Wildman–Crippen MR) is 166 cm³/mol. The van der Waals surface area contributed by atoms with Crippen molar-refractivity contribution in [2.45, 2.75) is 187 Å². The average Bonchev–Trinajstić information content (AvgIpc) is 2.92. The molecule has 0 aliphatic rings. The van der Waals surface area contributed by atoms with Gasteiger partial charge in [-0.15, -0.1) is 0 Å². The molecule has 0 radical (unpaired) electrons. The van der Waals surface area contributed by atoms with Gasteiger partial charge in [0.25, 0.3) is 0 Å². The minimum absolute atomic E-state index is 0.0966. The third kappa shape index (κ3) is 32.9. The molecule has 226 valence electrons. The molecule has 0 aliphatic heterocycles. The van der Waals surface area contributed by atoms with E-state index in [0.717, 1.165) is 51.7 Å². The third-order valence-corrected chi connectivity index (χ3v) is 7.22. The molecular weight excluding hydrogens is 472 g/mol. The summed E-state index contributed by atoms with van der Waals surface area (Å²) in [5.74, 6) is 0. The Morgan fingerprint density at radius 1 is 0.474 bits per heavy atom. The first-order chi connectivity index (χ1) is 18.8. The summed E-state index contributed by atoms with van der Waals surface area (Å²) < 4.78 is 0. The van der Waals surface area contributed by atoms with E-state index >= 15 is 0 Å². The van der Waals surface area contributed by atoms with Crippen LogP contribution in [-0.4, -0.2) is 36.9 Å². The summed E-state index contributed by atoms with van der Waals surface area (Å²) in [5, 5.41) is 18.4. The summed E-state index contributed by atoms with van der Waals surface area (Å²) in [4.78, 5) is 10.6. The molecule has 0 atom stereocenters. The van der Waals surface area contributed by atoms with E-state index in [1.165, 1.54) is 128 Å². The molecule has 0 amide bonds. The molecule has 38 heavy (non-hydrogen) atoms. The lowest BCUT2D eigenvalue weighted by molar-refractivity contribution is 0.140. The van der Waals surface area contributed by atoms with Crippen LogP contribution in [0.5, 0.6) is 0 Å². The van der Waals surface area contributed by atoms with Crippen LogP contribution in [0.2, 0.25) is 0 Å². The van der Waals surface area contributed by atoms with Gasteiger partial charge in [-0.2, -0.15) is 0 Å². The molecule has 0 bridgehead atoms. The fraction of sp³-hybridized carbons (Fsp3) is 0.939. The van der Waals surface area contributed by atoms with E-state index < -0.39 is 0 Å². The van der Waals surface area contributed by atoms with Crippen molar-refractivity contribution in [3.05, 3.63) is 0 Å². The number of oxime groups is 2. The van der Waals surface area contributed by atoms with E-state index in [9.17, 15) is 5.11 Å². The summed E-state index contributed by atoms with van der Waals surface area (Å²) in [6.07, 6.45) is 35.3. The topological polar surface area (TPSA) is 63.4 Å². The van der Waals surface area contributed by atoms with Crippen LogP contribution in [0.1, 0.15) is 181 Å². The molecule has 0 aromatic rings. The van der Waals surface area contributed by atoms with Crippen LogP contribution in [0.25, 0.3) is 0 Å². The first-order valence-electron chi connectivity index (χ1n) is 16.8. The maximum absolute atomic E-state index is 10.2. The van der Waals surface area contributed by atoms with Crippen LogP contribution < -0.4 is 0 Å². The van der Waals surface area contributed by atoms with Crippen molar-refractivity contribution in [3.8, 4) is 0 Å². The Kier molecular flexibility index (Phi) is 32.9. The molecule has 0 rings (SSSR count). The quantitative estimate of drug-likeness (QED) is 0.0526. The normalized spacial score (nSPS) is 11.9. The number of unbranched alkanes of at least 4 members (excludes halogenated alkanes) is 20. The Morgan fingerprint density at radius 2 is 0.816 bits per heavy atom. The van der Waals surface area contributed by atoms with E-state index in [1.54, 1.807) is 0 Å². The Morgan fingerprint density at radius 3 is 1.24 bits per heavy atom. The Bertz CT molecular complexity index is 443. The summed E-state index contributed by atoms with van der Waals surface area (Å²) in [6, 6.07) is 0. The molecular formula is C33H66N2O3. The first-order valence-corrected chi connectivity index (χ1v) is 16.8. The first kappa shape index (κ1) is 36.9. The molecule has 0 fully saturated rings. The predicted octanol–water partition coefficient (Wildman–Crippen LogP) is 10.5. The van der Waals surface area contributed by atoms with Crippen LogP contribution in [-0.2, 0) is 9.68 Å². The summed E-state index contributed by atoms with van der Waals surface area (Å²) in [5.41, 5.74) is 0. The second kappa shape index (κ2) is 33.9. The van der Waals surface area contributed by atoms with Gasteiger partial charge < -0.3 is 14.8 Å². The number of aliphatic hydroxyl groups excluding tert-OH is 1. The molecule has 0 saturated carbocycles. The second-order valence-electron chi connectivity index (χ2n) is 11.1. The smallest absolute Gasteiger partial charge is 0.117 e. The lowest BCUT2D eigenvalue weighted by Gasteiger charge is -2.10. The van der Waals surface area contributed by atoms with Gasteiger partial charge >= 0.3 is 0 Å². The van der Waals surface area contributed by atoms with E-state index in [4.69, 9.17) is 9.68 Å². The highest BCUT2D eigenvalue weighted by Crippen LogP contribution is 2.14. The van der Waals surface area contributed by atoms with Crippen molar-refractivity contribution in [2.75, 3.05) is 13.2 Å². The standard InChI is InChI=1S/C33H66N2O3/c1-3-5-7-19-25-31-37-34-29-23-17-13-9-11-15-21-27-33(36)28-22-16-12-10-14-18-24-30-35-38-32-26-20-8-6-4-2/h29-30,33,36H,3-28,31-32H2,1-2H3/b34-29+,35-30+. The van der Waals surface area contributed by atoms with Crippen molar-refractivity contribution in [3.63, 3.8) is 0 Å². The number of hydrogen-bond donors (Lipinski definition) is 1. The molecule has 5 nitrogen and oxygen atoms in total. The van der Waals surface area contributed by atoms with Crippen molar-refractivity contribution >= 4 is 12.4 Å². The van der Waals surface area contributed by atoms with Gasteiger partial charge in [0.2, 0.25) is 0 Å². The van der Waals surface area contributed by atoms with Gasteiger partial charge in [0.05, 0.1) is 6.10 Å². The Labute approximate surface area is 237 Å². The van der Waals surface area contributed by atoms with Gasteiger partial charge in [-0.05, 0) is 64.2 Å². The lowest BCUT2D eigenvalue weighted by atomic mass is 10.0. The van der Waals surface area contributed by atoms with Crippen LogP contribution in [0.3, 0.4) is 0 Å². The maximum atomic E-state index is 10.2. The van der Waals surface area contributed by atoms with E-state index in [2.05, 4.69) is 24.2 Å². The summed E-state index contributed by atoms with van der Waals surface area (Å²) in [6.45, 7) is 6.00. The minimum Gasteiger partial charge on any atom is -0.396 e. The maximum Gasteiger partial charge on any atom is 0.117 e. The molecule has 0 aliphatic carbocycles. The van der Waals surface area contributed by atoms with Gasteiger partial charge in [0.15, 0.2) is 0 Å². The molecule has 5 heteroatoms. The molecule has 0 aromatic carbocycles. The SMILES string of the molecule is CCCCCCCO/N=C/CCCCCCCCC(O)CCCCCCCC/C=N/OCCCCCCC. The highest BCUT2D eigenvalue weighted by Gasteiger charge is 2.03. The van der Waals surface area contributed by atoms with Gasteiger partial charge in [-0.3, -0.25) is 0 Å². The minimum atomic E-state index is -0.0966. The number of nitrogens with zero attached hydrogens (tertiary/aromatic N) is 2. The fourth-order valence-electron chi connectivity index (χ4n) is 4.65. The molecule has 0 aromatic heterocycles. The number of hydrogen-bond acceptors (Lipinski definition) is 5. The molecule has 0 heterocycles. The van der Waals surface area contributed by atoms with Gasteiger partial charge in [-0.1, -0.05) is 127 Å². The fourth-order valence-corrected chi connectivity index (χ4v) is 4.65. The zero-order valence-corrected chi connectivity index (χ0v) is 25.7. The highest BCUT2D eigenvalue weighted by molar-refractivity contribution is 5.56. The van der Waals surface area contributed by atoms with Crippen LogP contribution in [0, 0.1) is 0 Å². The van der Waals surface area contributed by atoms with Crippen LogP contribution in [0.4, 0.5) is 0 Å². The van der Waals surface area contributed by atoms with Gasteiger partial charge in [-0.25, -0.2) is 0 Å². The van der Waals surface area contributed by atoms with Crippen molar-refractivity contribution in [2.24, 2.45) is 10.3 Å². The molecule has 1 N–H and O–H groups in total. The Balaban J connectivity index is 3.22.